The van der Waals surface area contributed by atoms with Crippen LogP contribution in [0.4, 0.5) is 0 Å². The fourth-order valence-corrected chi connectivity index (χ4v) is 3.08. The fourth-order valence-electron chi connectivity index (χ4n) is 1.56. The van der Waals surface area contributed by atoms with Crippen molar-refractivity contribution in [3.8, 4) is 0 Å². The van der Waals surface area contributed by atoms with Crippen LogP contribution in [0, 0.1) is 5.92 Å². The van der Waals surface area contributed by atoms with Crippen LogP contribution in [0.15, 0.2) is 0 Å². The normalized spacial score (nSPS) is 32.2. The van der Waals surface area contributed by atoms with E-state index >= 15 is 0 Å². The highest BCUT2D eigenvalue weighted by molar-refractivity contribution is 7.91. The maximum atomic E-state index is 11.1. The van der Waals surface area contributed by atoms with Crippen molar-refractivity contribution in [1.29, 1.82) is 0 Å². The van der Waals surface area contributed by atoms with Gasteiger partial charge in [0, 0.05) is 5.92 Å². The smallest absolute Gasteiger partial charge is 0.108 e. The highest BCUT2D eigenvalue weighted by atomic mass is 32.2. The lowest BCUT2D eigenvalue weighted by atomic mass is 10.00. The van der Waals surface area contributed by atoms with Crippen molar-refractivity contribution < 1.29 is 9.66 Å². The minimum atomic E-state index is -0.576. The summed E-state index contributed by atoms with van der Waals surface area (Å²) in [6.45, 7) is 0.0309. The Morgan fingerprint density at radius 1 is 1.55 bits per heavy atom. The van der Waals surface area contributed by atoms with E-state index in [0.29, 0.717) is 5.92 Å². The topological polar surface area (TPSA) is 43.0 Å². The molecular weight excluding hydrogens is 160 g/mol. The SMILES string of the molecule is [O]CCCC1CCC[S+]([O-])C1. The summed E-state index contributed by atoms with van der Waals surface area (Å²) in [6, 6.07) is 0. The van der Waals surface area contributed by atoms with Gasteiger partial charge in [-0.05, 0) is 25.7 Å². The average molecular weight is 175 g/mol. The van der Waals surface area contributed by atoms with E-state index in [1.807, 2.05) is 0 Å². The summed E-state index contributed by atoms with van der Waals surface area (Å²) >= 11 is -0.576. The quantitative estimate of drug-likeness (QED) is 0.597. The zero-order chi connectivity index (χ0) is 8.10. The second kappa shape index (κ2) is 5.01. The van der Waals surface area contributed by atoms with Crippen LogP contribution in [0.1, 0.15) is 25.7 Å². The summed E-state index contributed by atoms with van der Waals surface area (Å²) in [5.74, 6) is 2.31. The van der Waals surface area contributed by atoms with Gasteiger partial charge in [0.15, 0.2) is 0 Å². The second-order valence-corrected chi connectivity index (χ2v) is 4.79. The van der Waals surface area contributed by atoms with E-state index in [1.54, 1.807) is 0 Å². The molecule has 0 aliphatic carbocycles. The van der Waals surface area contributed by atoms with Gasteiger partial charge >= 0.3 is 0 Å². The molecule has 0 aromatic heterocycles. The first kappa shape index (κ1) is 9.36. The van der Waals surface area contributed by atoms with E-state index in [2.05, 4.69) is 0 Å². The molecule has 11 heavy (non-hydrogen) atoms. The van der Waals surface area contributed by atoms with Gasteiger partial charge in [-0.15, -0.1) is 0 Å². The average Bonchev–Trinajstić information content (AvgIpc) is 2.01. The van der Waals surface area contributed by atoms with Gasteiger partial charge in [0.25, 0.3) is 0 Å². The molecule has 0 aromatic carbocycles. The van der Waals surface area contributed by atoms with Crippen LogP contribution < -0.4 is 0 Å². The molecule has 1 saturated heterocycles. The summed E-state index contributed by atoms with van der Waals surface area (Å²) in [4.78, 5) is 0. The zero-order valence-electron chi connectivity index (χ0n) is 6.75. The summed E-state index contributed by atoms with van der Waals surface area (Å²) < 4.78 is 11.1. The molecule has 65 valence electrons. The van der Waals surface area contributed by atoms with Crippen molar-refractivity contribution in [2.45, 2.75) is 25.7 Å². The van der Waals surface area contributed by atoms with Crippen molar-refractivity contribution >= 4 is 11.2 Å². The van der Waals surface area contributed by atoms with Gasteiger partial charge in [-0.3, -0.25) is 0 Å². The van der Waals surface area contributed by atoms with Gasteiger partial charge < -0.3 is 4.55 Å². The molecule has 1 rings (SSSR count). The summed E-state index contributed by atoms with van der Waals surface area (Å²) in [5.41, 5.74) is 0. The lowest BCUT2D eigenvalue weighted by molar-refractivity contribution is 0.180. The molecule has 0 amide bonds. The zero-order valence-corrected chi connectivity index (χ0v) is 7.57. The molecule has 0 spiro atoms. The standard InChI is InChI=1S/C8H15O2S/c9-5-1-3-8-4-2-6-11(10)7-8/h8H,1-7H2. The monoisotopic (exact) mass is 175 g/mol. The first-order valence-corrected chi connectivity index (χ1v) is 5.75. The van der Waals surface area contributed by atoms with Crippen LogP contribution in [0.25, 0.3) is 0 Å². The van der Waals surface area contributed by atoms with Crippen molar-refractivity contribution in [3.63, 3.8) is 0 Å². The lowest BCUT2D eigenvalue weighted by Crippen LogP contribution is -2.25. The number of hydrogen-bond acceptors (Lipinski definition) is 1. The maximum Gasteiger partial charge on any atom is 0.108 e. The van der Waals surface area contributed by atoms with Crippen LogP contribution >= 0.6 is 0 Å². The molecular formula is C8H15O2S. The van der Waals surface area contributed by atoms with Gasteiger partial charge in [0.1, 0.15) is 11.5 Å². The third-order valence-electron chi connectivity index (χ3n) is 2.16. The molecule has 0 N–H and O–H groups in total. The first-order valence-electron chi connectivity index (χ1n) is 4.26. The summed E-state index contributed by atoms with van der Waals surface area (Å²) in [5, 5.41) is 10.2. The molecule has 1 aliphatic rings. The Balaban J connectivity index is 2.12. The van der Waals surface area contributed by atoms with Gasteiger partial charge in [-0.1, -0.05) is 11.2 Å². The Morgan fingerprint density at radius 2 is 2.36 bits per heavy atom. The van der Waals surface area contributed by atoms with Crippen molar-refractivity contribution in [2.75, 3.05) is 18.1 Å². The minimum Gasteiger partial charge on any atom is -0.616 e. The van der Waals surface area contributed by atoms with E-state index < -0.39 is 11.2 Å². The number of hydrogen-bond donors (Lipinski definition) is 0. The Morgan fingerprint density at radius 3 is 3.00 bits per heavy atom. The predicted molar refractivity (Wildman–Crippen MR) is 45.4 cm³/mol. The van der Waals surface area contributed by atoms with Crippen molar-refractivity contribution in [1.82, 2.24) is 0 Å². The predicted octanol–water partition coefficient (Wildman–Crippen LogP) is 1.36. The molecule has 3 heteroatoms. The Labute approximate surface area is 71.2 Å². The highest BCUT2D eigenvalue weighted by Gasteiger charge is 2.21. The van der Waals surface area contributed by atoms with Crippen LogP contribution in [0.2, 0.25) is 0 Å². The number of rotatable bonds is 3. The Hall–Kier alpha value is 0.270. The Kier molecular flexibility index (Phi) is 4.26. The van der Waals surface area contributed by atoms with E-state index in [-0.39, 0.29) is 6.61 Å². The van der Waals surface area contributed by atoms with Gasteiger partial charge in [0.2, 0.25) is 0 Å². The van der Waals surface area contributed by atoms with Crippen LogP contribution in [0.5, 0.6) is 0 Å². The van der Waals surface area contributed by atoms with E-state index in [0.717, 1.165) is 30.8 Å². The van der Waals surface area contributed by atoms with Crippen molar-refractivity contribution in [3.05, 3.63) is 0 Å². The maximum absolute atomic E-state index is 11.1. The van der Waals surface area contributed by atoms with Crippen LogP contribution in [0.3, 0.4) is 0 Å². The van der Waals surface area contributed by atoms with E-state index in [9.17, 15) is 9.66 Å². The van der Waals surface area contributed by atoms with Gasteiger partial charge in [-0.25, -0.2) is 5.11 Å². The molecule has 0 bridgehead atoms. The summed E-state index contributed by atoms with van der Waals surface area (Å²) in [6.07, 6.45) is 4.04. The first-order chi connectivity index (χ1) is 5.33. The second-order valence-electron chi connectivity index (χ2n) is 3.17. The molecule has 1 aliphatic heterocycles. The molecule has 2 atom stereocenters. The molecule has 2 unspecified atom stereocenters. The van der Waals surface area contributed by atoms with E-state index in [4.69, 9.17) is 0 Å². The summed E-state index contributed by atoms with van der Waals surface area (Å²) in [7, 11) is 0. The third kappa shape index (κ3) is 3.45. The van der Waals surface area contributed by atoms with Crippen molar-refractivity contribution in [2.24, 2.45) is 5.92 Å². The van der Waals surface area contributed by atoms with Gasteiger partial charge in [0.05, 0.1) is 6.61 Å². The molecule has 1 heterocycles. The fraction of sp³-hybridized carbons (Fsp3) is 1.00. The molecule has 2 nitrogen and oxygen atoms in total. The molecule has 1 fully saturated rings. The Bertz CT molecular complexity index is 108. The van der Waals surface area contributed by atoms with Crippen LogP contribution in [-0.2, 0) is 16.3 Å². The largest absolute Gasteiger partial charge is 0.616 e. The molecule has 0 aromatic rings. The molecule has 1 radical (unpaired) electrons. The lowest BCUT2D eigenvalue weighted by Gasteiger charge is -2.23. The molecule has 0 saturated carbocycles. The van der Waals surface area contributed by atoms with E-state index in [1.165, 1.54) is 6.42 Å². The van der Waals surface area contributed by atoms with Gasteiger partial charge in [-0.2, -0.15) is 0 Å². The highest BCUT2D eigenvalue weighted by Crippen LogP contribution is 2.22. The third-order valence-corrected chi connectivity index (χ3v) is 3.75. The minimum absolute atomic E-state index is 0.0309. The van der Waals surface area contributed by atoms with Crippen LogP contribution in [-0.4, -0.2) is 22.7 Å².